The van der Waals surface area contributed by atoms with E-state index in [0.717, 1.165) is 16.7 Å². The number of rotatable bonds is 8. The summed E-state index contributed by atoms with van der Waals surface area (Å²) in [5.41, 5.74) is 2.41. The molecule has 2 aromatic carbocycles. The number of nitrogens with zero attached hydrogens (tertiary/aromatic N) is 2. The molecule has 2 aromatic rings. The van der Waals surface area contributed by atoms with Gasteiger partial charge in [0.25, 0.3) is 5.91 Å². The van der Waals surface area contributed by atoms with E-state index in [9.17, 15) is 9.18 Å². The van der Waals surface area contributed by atoms with Crippen molar-refractivity contribution in [2.24, 2.45) is 4.99 Å². The van der Waals surface area contributed by atoms with Crippen LogP contribution in [0.2, 0.25) is 0 Å². The highest BCUT2D eigenvalue weighted by Gasteiger charge is 2.29. The highest BCUT2D eigenvalue weighted by molar-refractivity contribution is 8.18. The van der Waals surface area contributed by atoms with Crippen LogP contribution < -0.4 is 9.47 Å². The number of thioether (sulfide) groups is 1. The molecule has 0 aliphatic carbocycles. The van der Waals surface area contributed by atoms with Crippen molar-refractivity contribution >= 4 is 28.9 Å². The van der Waals surface area contributed by atoms with Crippen molar-refractivity contribution < 1.29 is 18.7 Å². The maximum absolute atomic E-state index is 13.5. The number of amidine groups is 1. The van der Waals surface area contributed by atoms with Crippen molar-refractivity contribution in [3.8, 4) is 11.5 Å². The highest BCUT2D eigenvalue weighted by atomic mass is 32.2. The van der Waals surface area contributed by atoms with Gasteiger partial charge in [0, 0.05) is 19.7 Å². The molecule has 162 valence electrons. The summed E-state index contributed by atoms with van der Waals surface area (Å²) < 4.78 is 25.4. The molecule has 5 nitrogen and oxygen atoms in total. The van der Waals surface area contributed by atoms with Gasteiger partial charge in [0.1, 0.15) is 12.4 Å². The number of benzene rings is 2. The Morgan fingerprint density at radius 3 is 2.71 bits per heavy atom. The van der Waals surface area contributed by atoms with Crippen LogP contribution in [0.3, 0.4) is 0 Å². The first-order chi connectivity index (χ1) is 15.0. The number of carbonyl (C=O) groups excluding carboxylic acids is 1. The lowest BCUT2D eigenvalue weighted by atomic mass is 10.0. The molecule has 0 unspecified atom stereocenters. The molecule has 1 aliphatic heterocycles. The second kappa shape index (κ2) is 10.3. The predicted molar refractivity (Wildman–Crippen MR) is 124 cm³/mol. The summed E-state index contributed by atoms with van der Waals surface area (Å²) in [6, 6.07) is 10.1. The second-order valence-corrected chi connectivity index (χ2v) is 7.84. The third kappa shape index (κ3) is 5.35. The Kier molecular flexibility index (Phi) is 7.52. The van der Waals surface area contributed by atoms with Crippen LogP contribution in [-0.4, -0.2) is 36.7 Å². The summed E-state index contributed by atoms with van der Waals surface area (Å²) >= 11 is 1.33. The molecule has 31 heavy (non-hydrogen) atoms. The highest BCUT2D eigenvalue weighted by Crippen LogP contribution is 2.37. The number of likely N-dealkylation sites (N-methyl/N-ethyl adjacent to an activating group) is 1. The van der Waals surface area contributed by atoms with Gasteiger partial charge < -0.3 is 9.47 Å². The van der Waals surface area contributed by atoms with Gasteiger partial charge in [-0.15, -0.1) is 6.58 Å². The molecule has 0 spiro atoms. The largest absolute Gasteiger partial charge is 0.490 e. The zero-order valence-electron chi connectivity index (χ0n) is 17.9. The molecule has 0 radical (unpaired) electrons. The molecule has 0 N–H and O–H groups in total. The van der Waals surface area contributed by atoms with Crippen molar-refractivity contribution in [1.29, 1.82) is 0 Å². The minimum absolute atomic E-state index is 0.0970. The Bertz CT molecular complexity index is 1050. The average Bonchev–Trinajstić information content (AvgIpc) is 3.01. The molecule has 1 saturated heterocycles. The van der Waals surface area contributed by atoms with E-state index in [2.05, 4.69) is 11.6 Å². The Hall–Kier alpha value is -3.06. The Morgan fingerprint density at radius 2 is 2.06 bits per heavy atom. The topological polar surface area (TPSA) is 51.1 Å². The normalized spacial score (nSPS) is 16.3. The zero-order chi connectivity index (χ0) is 22.4. The molecule has 1 fully saturated rings. The molecule has 1 heterocycles. The molecule has 0 saturated carbocycles. The van der Waals surface area contributed by atoms with Gasteiger partial charge in [-0.2, -0.15) is 0 Å². The predicted octanol–water partition coefficient (Wildman–Crippen LogP) is 5.06. The van der Waals surface area contributed by atoms with Gasteiger partial charge in [-0.1, -0.05) is 18.2 Å². The van der Waals surface area contributed by atoms with E-state index in [1.54, 1.807) is 26.2 Å². The van der Waals surface area contributed by atoms with Crippen molar-refractivity contribution in [3.63, 3.8) is 0 Å². The van der Waals surface area contributed by atoms with Crippen molar-refractivity contribution in [3.05, 3.63) is 76.5 Å². The maximum Gasteiger partial charge on any atom is 0.266 e. The fourth-order valence-corrected chi connectivity index (χ4v) is 4.11. The number of ether oxygens (including phenoxy) is 2. The molecule has 7 heteroatoms. The fraction of sp³-hybridized carbons (Fsp3) is 0.250. The van der Waals surface area contributed by atoms with Gasteiger partial charge >= 0.3 is 0 Å². The lowest BCUT2D eigenvalue weighted by molar-refractivity contribution is -0.121. The molecular weight excluding hydrogens is 415 g/mol. The number of hydrogen-bond donors (Lipinski definition) is 0. The van der Waals surface area contributed by atoms with Crippen LogP contribution >= 0.6 is 11.8 Å². The smallest absolute Gasteiger partial charge is 0.266 e. The van der Waals surface area contributed by atoms with Gasteiger partial charge in [0.2, 0.25) is 0 Å². The molecule has 0 atom stereocenters. The Labute approximate surface area is 186 Å². The van der Waals surface area contributed by atoms with E-state index in [4.69, 9.17) is 9.47 Å². The van der Waals surface area contributed by atoms with Crippen molar-refractivity contribution in [1.82, 2.24) is 4.90 Å². The van der Waals surface area contributed by atoms with E-state index in [1.165, 1.54) is 28.8 Å². The molecule has 3 rings (SSSR count). The lowest BCUT2D eigenvalue weighted by Gasteiger charge is -2.17. The van der Waals surface area contributed by atoms with Crippen LogP contribution in [0.25, 0.3) is 6.08 Å². The van der Waals surface area contributed by atoms with E-state index < -0.39 is 0 Å². The van der Waals surface area contributed by atoms with Gasteiger partial charge in [-0.25, -0.2) is 4.39 Å². The average molecular weight is 441 g/mol. The summed E-state index contributed by atoms with van der Waals surface area (Å²) in [4.78, 5) is 18.8. The first-order valence-electron chi connectivity index (χ1n) is 9.89. The van der Waals surface area contributed by atoms with E-state index in [-0.39, 0.29) is 18.3 Å². The number of halogens is 1. The summed E-state index contributed by atoms with van der Waals surface area (Å²) in [5, 5.41) is 0.655. The molecule has 0 aromatic heterocycles. The van der Waals surface area contributed by atoms with Crippen molar-refractivity contribution in [2.45, 2.75) is 20.0 Å². The quantitative estimate of drug-likeness (QED) is 0.425. The van der Waals surface area contributed by atoms with Crippen LogP contribution in [0, 0.1) is 5.82 Å². The Balaban J connectivity index is 1.97. The minimum Gasteiger partial charge on any atom is -0.490 e. The lowest BCUT2D eigenvalue weighted by Crippen LogP contribution is -2.23. The first kappa shape index (κ1) is 22.6. The zero-order valence-corrected chi connectivity index (χ0v) is 18.7. The third-order valence-electron chi connectivity index (χ3n) is 4.58. The summed E-state index contributed by atoms with van der Waals surface area (Å²) in [5.74, 6) is 0.753. The van der Waals surface area contributed by atoms with Crippen LogP contribution in [-0.2, 0) is 17.8 Å². The fourth-order valence-electron chi connectivity index (χ4n) is 3.18. The molecule has 0 bridgehead atoms. The van der Waals surface area contributed by atoms with E-state index in [0.29, 0.717) is 34.6 Å². The van der Waals surface area contributed by atoms with Crippen LogP contribution in [0.15, 0.2) is 59.0 Å². The molecule has 1 aliphatic rings. The maximum atomic E-state index is 13.5. The molecule has 1 amide bonds. The van der Waals surface area contributed by atoms with Gasteiger partial charge in [-0.3, -0.25) is 14.7 Å². The standard InChI is InChI=1S/C24H25FN2O3S/c1-5-8-18-11-17(14-21-23(28)27(4)24(26-3)31-21)13-20(29-6-2)22(18)30-15-16-9-7-10-19(25)12-16/h5,7,9-14H,1,6,8,15H2,2-4H3/b21-14-,26-24?. The third-order valence-corrected chi connectivity index (χ3v) is 5.73. The SMILES string of the molecule is C=CCc1cc(/C=C2\SC(=NC)N(C)C2=O)cc(OCC)c1OCc1cccc(F)c1. The number of allylic oxidation sites excluding steroid dienone is 1. The van der Waals surface area contributed by atoms with Crippen LogP contribution in [0.5, 0.6) is 11.5 Å². The summed E-state index contributed by atoms with van der Waals surface area (Å²) in [6.45, 7) is 6.39. The summed E-state index contributed by atoms with van der Waals surface area (Å²) in [7, 11) is 3.37. The monoisotopic (exact) mass is 440 g/mol. The number of amides is 1. The molecular formula is C24H25FN2O3S. The van der Waals surface area contributed by atoms with Crippen LogP contribution in [0.1, 0.15) is 23.6 Å². The Morgan fingerprint density at radius 1 is 1.26 bits per heavy atom. The first-order valence-corrected chi connectivity index (χ1v) is 10.7. The number of aliphatic imine (C=N–C) groups is 1. The van der Waals surface area contributed by atoms with Crippen LogP contribution in [0.4, 0.5) is 4.39 Å². The van der Waals surface area contributed by atoms with E-state index >= 15 is 0 Å². The van der Waals surface area contributed by atoms with E-state index in [1.807, 2.05) is 31.2 Å². The number of hydrogen-bond acceptors (Lipinski definition) is 5. The van der Waals surface area contributed by atoms with Crippen molar-refractivity contribution in [2.75, 3.05) is 20.7 Å². The van der Waals surface area contributed by atoms with Gasteiger partial charge in [0.05, 0.1) is 11.5 Å². The van der Waals surface area contributed by atoms with Gasteiger partial charge in [-0.05, 0) is 66.6 Å². The number of carbonyl (C=O) groups is 1. The summed E-state index contributed by atoms with van der Waals surface area (Å²) in [6.07, 6.45) is 4.16. The van der Waals surface area contributed by atoms with Gasteiger partial charge in [0.15, 0.2) is 16.7 Å². The minimum atomic E-state index is -0.307. The second-order valence-electron chi connectivity index (χ2n) is 6.83.